The van der Waals surface area contributed by atoms with Crippen LogP contribution >= 0.6 is 11.3 Å². The Morgan fingerprint density at radius 1 is 1.40 bits per heavy atom. The molecule has 0 saturated carbocycles. The standard InChI is InChI=1S/C14H21NO4S/c1-8-6-9(2)20-11(8)7-10(12(16)17)15-13(18)19-14(3,4)5/h6,10H,7H2,1-5H3,(H,15,18)(H,16,17). The molecule has 0 saturated heterocycles. The average Bonchev–Trinajstić information content (AvgIpc) is 2.53. The first kappa shape index (κ1) is 16.5. The molecule has 0 spiro atoms. The van der Waals surface area contributed by atoms with E-state index in [1.807, 2.05) is 19.9 Å². The van der Waals surface area contributed by atoms with E-state index in [4.69, 9.17) is 4.74 Å². The second-order valence-corrected chi connectivity index (χ2v) is 7.05. The summed E-state index contributed by atoms with van der Waals surface area (Å²) in [5.74, 6) is -1.07. The number of carbonyl (C=O) groups excluding carboxylic acids is 1. The van der Waals surface area contributed by atoms with Gasteiger partial charge in [-0.25, -0.2) is 9.59 Å². The van der Waals surface area contributed by atoms with Crippen molar-refractivity contribution in [2.24, 2.45) is 0 Å². The topological polar surface area (TPSA) is 75.6 Å². The molecule has 0 aliphatic heterocycles. The van der Waals surface area contributed by atoms with Crippen molar-refractivity contribution in [3.05, 3.63) is 21.4 Å². The van der Waals surface area contributed by atoms with Gasteiger partial charge in [0.05, 0.1) is 0 Å². The van der Waals surface area contributed by atoms with Crippen LogP contribution in [-0.4, -0.2) is 28.8 Å². The van der Waals surface area contributed by atoms with Crippen LogP contribution in [0.1, 0.15) is 36.1 Å². The van der Waals surface area contributed by atoms with E-state index in [2.05, 4.69) is 5.32 Å². The van der Waals surface area contributed by atoms with E-state index in [0.29, 0.717) is 0 Å². The number of hydrogen-bond acceptors (Lipinski definition) is 4. The van der Waals surface area contributed by atoms with Gasteiger partial charge in [0.15, 0.2) is 0 Å². The van der Waals surface area contributed by atoms with Crippen molar-refractivity contribution >= 4 is 23.4 Å². The highest BCUT2D eigenvalue weighted by Crippen LogP contribution is 2.22. The van der Waals surface area contributed by atoms with Gasteiger partial charge in [-0.05, 0) is 46.2 Å². The summed E-state index contributed by atoms with van der Waals surface area (Å²) in [6, 6.07) is 1.02. The number of aryl methyl sites for hydroxylation is 2. The first-order chi connectivity index (χ1) is 9.08. The smallest absolute Gasteiger partial charge is 0.408 e. The molecule has 0 aromatic carbocycles. The monoisotopic (exact) mass is 299 g/mol. The molecular formula is C14H21NO4S. The maximum Gasteiger partial charge on any atom is 0.408 e. The number of nitrogens with one attached hydrogen (secondary N) is 1. The highest BCUT2D eigenvalue weighted by molar-refractivity contribution is 7.12. The van der Waals surface area contributed by atoms with E-state index in [1.54, 1.807) is 32.1 Å². The maximum absolute atomic E-state index is 11.7. The molecular weight excluding hydrogens is 278 g/mol. The number of carboxylic acid groups (broad SMARTS) is 1. The molecule has 6 heteroatoms. The largest absolute Gasteiger partial charge is 0.480 e. The van der Waals surface area contributed by atoms with E-state index in [-0.39, 0.29) is 6.42 Å². The molecule has 1 aromatic rings. The van der Waals surface area contributed by atoms with Crippen LogP contribution in [0, 0.1) is 13.8 Å². The number of aliphatic carboxylic acids is 1. The Hall–Kier alpha value is -1.56. The number of ether oxygens (including phenoxy) is 1. The number of thiophene rings is 1. The van der Waals surface area contributed by atoms with Crippen LogP contribution < -0.4 is 5.32 Å². The fourth-order valence-electron chi connectivity index (χ4n) is 1.73. The van der Waals surface area contributed by atoms with Gasteiger partial charge in [-0.3, -0.25) is 0 Å². The van der Waals surface area contributed by atoms with Gasteiger partial charge in [0.2, 0.25) is 0 Å². The molecule has 0 aliphatic rings. The fourth-order valence-corrected chi connectivity index (χ4v) is 2.82. The number of amides is 1. The highest BCUT2D eigenvalue weighted by Gasteiger charge is 2.25. The Morgan fingerprint density at radius 3 is 2.40 bits per heavy atom. The first-order valence-corrected chi connectivity index (χ1v) is 7.18. The average molecular weight is 299 g/mol. The predicted molar refractivity (Wildman–Crippen MR) is 78.3 cm³/mol. The summed E-state index contributed by atoms with van der Waals surface area (Å²) in [6.07, 6.45) is -0.449. The van der Waals surface area contributed by atoms with Crippen molar-refractivity contribution in [3.8, 4) is 0 Å². The third kappa shape index (κ3) is 5.21. The number of carboxylic acids is 1. The zero-order chi connectivity index (χ0) is 15.5. The zero-order valence-corrected chi connectivity index (χ0v) is 13.3. The van der Waals surface area contributed by atoms with Crippen LogP contribution in [-0.2, 0) is 16.0 Å². The van der Waals surface area contributed by atoms with Crippen molar-refractivity contribution in [3.63, 3.8) is 0 Å². The minimum atomic E-state index is -1.07. The lowest BCUT2D eigenvalue weighted by atomic mass is 10.1. The van der Waals surface area contributed by atoms with Gasteiger partial charge in [-0.15, -0.1) is 11.3 Å². The minimum Gasteiger partial charge on any atom is -0.480 e. The van der Waals surface area contributed by atoms with Crippen molar-refractivity contribution in [2.75, 3.05) is 0 Å². The molecule has 0 fully saturated rings. The molecule has 5 nitrogen and oxygen atoms in total. The first-order valence-electron chi connectivity index (χ1n) is 6.36. The van der Waals surface area contributed by atoms with Crippen LogP contribution in [0.25, 0.3) is 0 Å². The summed E-state index contributed by atoms with van der Waals surface area (Å²) in [5, 5.41) is 11.6. The molecule has 1 heterocycles. The van der Waals surface area contributed by atoms with Crippen molar-refractivity contribution in [2.45, 2.75) is 52.7 Å². The van der Waals surface area contributed by atoms with E-state index in [0.717, 1.165) is 15.3 Å². The van der Waals surface area contributed by atoms with Gasteiger partial charge < -0.3 is 15.2 Å². The summed E-state index contributed by atoms with van der Waals surface area (Å²) < 4.78 is 5.08. The second kappa shape index (κ2) is 6.26. The molecule has 20 heavy (non-hydrogen) atoms. The van der Waals surface area contributed by atoms with Gasteiger partial charge in [0.1, 0.15) is 11.6 Å². The SMILES string of the molecule is Cc1cc(C)c(CC(NC(=O)OC(C)(C)C)C(=O)O)s1. The molecule has 1 amide bonds. The van der Waals surface area contributed by atoms with Gasteiger partial charge in [-0.1, -0.05) is 0 Å². The Labute approximate surface area is 123 Å². The van der Waals surface area contributed by atoms with Gasteiger partial charge in [0.25, 0.3) is 0 Å². The van der Waals surface area contributed by atoms with E-state index >= 15 is 0 Å². The molecule has 0 bridgehead atoms. The molecule has 1 atom stereocenters. The predicted octanol–water partition coefficient (Wildman–Crippen LogP) is 2.89. The fraction of sp³-hybridized carbons (Fsp3) is 0.571. The molecule has 112 valence electrons. The van der Waals surface area contributed by atoms with Crippen molar-refractivity contribution in [1.82, 2.24) is 5.32 Å². The molecule has 1 rings (SSSR count). The maximum atomic E-state index is 11.7. The van der Waals surface area contributed by atoms with Gasteiger partial charge in [0, 0.05) is 16.2 Å². The van der Waals surface area contributed by atoms with Crippen LogP contribution in [0.2, 0.25) is 0 Å². The lowest BCUT2D eigenvalue weighted by Crippen LogP contribution is -2.44. The number of alkyl carbamates (subject to hydrolysis) is 1. The molecule has 1 unspecified atom stereocenters. The van der Waals surface area contributed by atoms with Crippen molar-refractivity contribution < 1.29 is 19.4 Å². The Balaban J connectivity index is 2.73. The van der Waals surface area contributed by atoms with Crippen molar-refractivity contribution in [1.29, 1.82) is 0 Å². The summed E-state index contributed by atoms with van der Waals surface area (Å²) >= 11 is 1.54. The van der Waals surface area contributed by atoms with Crippen LogP contribution in [0.15, 0.2) is 6.07 Å². The number of hydrogen-bond donors (Lipinski definition) is 2. The lowest BCUT2D eigenvalue weighted by Gasteiger charge is -2.22. The highest BCUT2D eigenvalue weighted by atomic mass is 32.1. The number of rotatable bonds is 4. The van der Waals surface area contributed by atoms with E-state index in [9.17, 15) is 14.7 Å². The second-order valence-electron chi connectivity index (χ2n) is 5.70. The van der Waals surface area contributed by atoms with Crippen LogP contribution in [0.5, 0.6) is 0 Å². The lowest BCUT2D eigenvalue weighted by molar-refractivity contribution is -0.139. The minimum absolute atomic E-state index is 0.263. The summed E-state index contributed by atoms with van der Waals surface area (Å²) in [6.45, 7) is 9.10. The molecule has 0 aliphatic carbocycles. The summed E-state index contributed by atoms with van der Waals surface area (Å²) in [5.41, 5.74) is 0.396. The Morgan fingerprint density at radius 2 is 2.00 bits per heavy atom. The Bertz CT molecular complexity index is 502. The quantitative estimate of drug-likeness (QED) is 0.896. The summed E-state index contributed by atoms with van der Waals surface area (Å²) in [4.78, 5) is 25.0. The van der Waals surface area contributed by atoms with E-state index in [1.165, 1.54) is 0 Å². The molecule has 0 radical (unpaired) electrons. The molecule has 1 aromatic heterocycles. The van der Waals surface area contributed by atoms with Crippen LogP contribution in [0.4, 0.5) is 4.79 Å². The van der Waals surface area contributed by atoms with Gasteiger partial charge in [-0.2, -0.15) is 0 Å². The third-order valence-corrected chi connectivity index (χ3v) is 3.70. The molecule has 2 N–H and O–H groups in total. The van der Waals surface area contributed by atoms with Gasteiger partial charge >= 0.3 is 12.1 Å². The normalized spacial score (nSPS) is 12.8. The summed E-state index contributed by atoms with van der Waals surface area (Å²) in [7, 11) is 0. The number of carbonyl (C=O) groups is 2. The third-order valence-electron chi connectivity index (χ3n) is 2.52. The van der Waals surface area contributed by atoms with E-state index < -0.39 is 23.7 Å². The Kier molecular flexibility index (Phi) is 5.16. The zero-order valence-electron chi connectivity index (χ0n) is 12.4. The van der Waals surface area contributed by atoms with Crippen LogP contribution in [0.3, 0.4) is 0 Å².